The summed E-state index contributed by atoms with van der Waals surface area (Å²) in [6.07, 6.45) is 0.263. The third-order valence-corrected chi connectivity index (χ3v) is 4.28. The van der Waals surface area contributed by atoms with E-state index in [-0.39, 0.29) is 24.3 Å². The van der Waals surface area contributed by atoms with Crippen molar-refractivity contribution in [2.45, 2.75) is 39.4 Å². The van der Waals surface area contributed by atoms with E-state index in [0.29, 0.717) is 39.1 Å². The molecule has 1 aromatic rings. The molecule has 0 radical (unpaired) electrons. The first-order chi connectivity index (χ1) is 13.6. The number of alkyl halides is 2. The molecule has 0 bridgehead atoms. The van der Waals surface area contributed by atoms with Gasteiger partial charge in [-0.1, -0.05) is 12.1 Å². The highest BCUT2D eigenvalue weighted by Crippen LogP contribution is 2.15. The standard InChI is InChI=1S/C20H29F2N3O4/c1-20(2,3)29-19(27)25-12-10-24(11-13-25)14-17(26)23-9-8-15-4-6-16(7-5-15)28-18(21)22/h4-7,18H,8-14H2,1-3H3,(H,23,26). The van der Waals surface area contributed by atoms with Gasteiger partial charge in [0, 0.05) is 32.7 Å². The summed E-state index contributed by atoms with van der Waals surface area (Å²) in [5.41, 5.74) is 0.391. The molecule has 0 aliphatic carbocycles. The second-order valence-electron chi connectivity index (χ2n) is 7.87. The predicted molar refractivity (Wildman–Crippen MR) is 104 cm³/mol. The van der Waals surface area contributed by atoms with Crippen molar-refractivity contribution >= 4 is 12.0 Å². The minimum Gasteiger partial charge on any atom is -0.444 e. The third-order valence-electron chi connectivity index (χ3n) is 4.28. The van der Waals surface area contributed by atoms with Gasteiger partial charge in [0.05, 0.1) is 6.54 Å². The lowest BCUT2D eigenvalue weighted by molar-refractivity contribution is -0.122. The second kappa shape index (κ2) is 10.4. The van der Waals surface area contributed by atoms with Crippen molar-refractivity contribution in [3.8, 4) is 5.75 Å². The van der Waals surface area contributed by atoms with Gasteiger partial charge in [-0.15, -0.1) is 0 Å². The Labute approximate surface area is 169 Å². The molecule has 2 rings (SSSR count). The van der Waals surface area contributed by atoms with E-state index in [1.54, 1.807) is 17.0 Å². The summed E-state index contributed by atoms with van der Waals surface area (Å²) < 4.78 is 33.9. The smallest absolute Gasteiger partial charge is 0.410 e. The monoisotopic (exact) mass is 413 g/mol. The summed E-state index contributed by atoms with van der Waals surface area (Å²) in [5.74, 6) is 0.0201. The number of hydrogen-bond acceptors (Lipinski definition) is 5. The molecule has 1 heterocycles. The average molecular weight is 413 g/mol. The van der Waals surface area contributed by atoms with E-state index >= 15 is 0 Å². The minimum absolute atomic E-state index is 0.0895. The largest absolute Gasteiger partial charge is 0.444 e. The molecular weight excluding hydrogens is 384 g/mol. The van der Waals surface area contributed by atoms with Crippen molar-refractivity contribution in [1.29, 1.82) is 0 Å². The van der Waals surface area contributed by atoms with Crippen molar-refractivity contribution in [2.75, 3.05) is 39.3 Å². The maximum Gasteiger partial charge on any atom is 0.410 e. The Morgan fingerprint density at radius 3 is 2.28 bits per heavy atom. The van der Waals surface area contributed by atoms with Crippen LogP contribution >= 0.6 is 0 Å². The van der Waals surface area contributed by atoms with Gasteiger partial charge in [-0.25, -0.2) is 4.79 Å². The van der Waals surface area contributed by atoms with Crippen LogP contribution in [0.25, 0.3) is 0 Å². The first-order valence-electron chi connectivity index (χ1n) is 9.63. The first kappa shape index (κ1) is 22.9. The molecule has 1 aromatic carbocycles. The van der Waals surface area contributed by atoms with Crippen LogP contribution in [0.15, 0.2) is 24.3 Å². The zero-order valence-electron chi connectivity index (χ0n) is 17.1. The molecule has 1 saturated heterocycles. The summed E-state index contributed by atoms with van der Waals surface area (Å²) in [7, 11) is 0. The highest BCUT2D eigenvalue weighted by Gasteiger charge is 2.26. The lowest BCUT2D eigenvalue weighted by atomic mass is 10.1. The van der Waals surface area contributed by atoms with Crippen LogP contribution in [-0.2, 0) is 16.0 Å². The molecular formula is C20H29F2N3O4. The normalized spacial score (nSPS) is 15.3. The van der Waals surface area contributed by atoms with Gasteiger partial charge >= 0.3 is 12.7 Å². The average Bonchev–Trinajstić information content (AvgIpc) is 2.62. The van der Waals surface area contributed by atoms with Crippen molar-refractivity contribution in [3.63, 3.8) is 0 Å². The molecule has 0 saturated carbocycles. The van der Waals surface area contributed by atoms with Gasteiger partial charge in [0.25, 0.3) is 0 Å². The molecule has 1 aliphatic heterocycles. The highest BCUT2D eigenvalue weighted by atomic mass is 19.3. The Morgan fingerprint density at radius 1 is 1.10 bits per heavy atom. The number of benzene rings is 1. The Bertz CT molecular complexity index is 669. The number of halogens is 2. The lowest BCUT2D eigenvalue weighted by Gasteiger charge is -2.35. The number of nitrogens with zero attached hydrogens (tertiary/aromatic N) is 2. The number of ether oxygens (including phenoxy) is 2. The molecule has 29 heavy (non-hydrogen) atoms. The molecule has 7 nitrogen and oxygen atoms in total. The summed E-state index contributed by atoms with van der Waals surface area (Å²) >= 11 is 0. The Hall–Kier alpha value is -2.42. The fraction of sp³-hybridized carbons (Fsp3) is 0.600. The number of carbonyl (C=O) groups excluding carboxylic acids is 2. The van der Waals surface area contributed by atoms with Crippen LogP contribution in [0.5, 0.6) is 5.75 Å². The molecule has 0 spiro atoms. The van der Waals surface area contributed by atoms with Crippen molar-refractivity contribution < 1.29 is 27.8 Å². The Kier molecular flexibility index (Phi) is 8.19. The van der Waals surface area contributed by atoms with Crippen LogP contribution in [-0.4, -0.2) is 73.3 Å². The highest BCUT2D eigenvalue weighted by molar-refractivity contribution is 5.78. The topological polar surface area (TPSA) is 71.1 Å². The van der Waals surface area contributed by atoms with Gasteiger partial charge in [0.1, 0.15) is 11.4 Å². The molecule has 1 fully saturated rings. The van der Waals surface area contributed by atoms with E-state index in [0.717, 1.165) is 5.56 Å². The molecule has 0 atom stereocenters. The Morgan fingerprint density at radius 2 is 1.72 bits per heavy atom. The maximum absolute atomic E-state index is 12.1. The van der Waals surface area contributed by atoms with Crippen LogP contribution in [0.2, 0.25) is 0 Å². The van der Waals surface area contributed by atoms with Crippen LogP contribution in [0.1, 0.15) is 26.3 Å². The second-order valence-corrected chi connectivity index (χ2v) is 7.87. The van der Waals surface area contributed by atoms with Crippen molar-refractivity contribution in [2.24, 2.45) is 0 Å². The number of nitrogens with one attached hydrogen (secondary N) is 1. The van der Waals surface area contributed by atoms with E-state index in [1.165, 1.54) is 12.1 Å². The van der Waals surface area contributed by atoms with Crippen molar-refractivity contribution in [3.05, 3.63) is 29.8 Å². The zero-order chi connectivity index (χ0) is 21.4. The lowest BCUT2D eigenvalue weighted by Crippen LogP contribution is -2.52. The number of hydrogen-bond donors (Lipinski definition) is 1. The van der Waals surface area contributed by atoms with Gasteiger partial charge in [-0.3, -0.25) is 9.69 Å². The predicted octanol–water partition coefficient (Wildman–Crippen LogP) is 2.50. The quantitative estimate of drug-likeness (QED) is 0.744. The summed E-state index contributed by atoms with van der Waals surface area (Å²) in [5, 5.41) is 2.85. The minimum atomic E-state index is -2.84. The van der Waals surface area contributed by atoms with Crippen LogP contribution in [0.3, 0.4) is 0 Å². The molecule has 2 amide bonds. The van der Waals surface area contributed by atoms with Crippen LogP contribution in [0, 0.1) is 0 Å². The van der Waals surface area contributed by atoms with E-state index in [2.05, 4.69) is 10.1 Å². The molecule has 1 aliphatic rings. The van der Waals surface area contributed by atoms with E-state index in [9.17, 15) is 18.4 Å². The first-order valence-corrected chi connectivity index (χ1v) is 9.63. The van der Waals surface area contributed by atoms with Gasteiger partial charge in [-0.05, 0) is 44.9 Å². The molecule has 9 heteroatoms. The maximum atomic E-state index is 12.1. The summed E-state index contributed by atoms with van der Waals surface area (Å²) in [6.45, 7) is 5.63. The van der Waals surface area contributed by atoms with Gasteiger partial charge in [0.15, 0.2) is 0 Å². The SMILES string of the molecule is CC(C)(C)OC(=O)N1CCN(CC(=O)NCCc2ccc(OC(F)F)cc2)CC1. The van der Waals surface area contributed by atoms with E-state index in [1.807, 2.05) is 25.7 Å². The summed E-state index contributed by atoms with van der Waals surface area (Å²) in [6, 6.07) is 6.35. The molecule has 0 unspecified atom stereocenters. The third kappa shape index (κ3) is 8.64. The van der Waals surface area contributed by atoms with Crippen LogP contribution in [0.4, 0.5) is 13.6 Å². The fourth-order valence-electron chi connectivity index (χ4n) is 2.86. The number of carbonyl (C=O) groups is 2. The van der Waals surface area contributed by atoms with Crippen molar-refractivity contribution in [1.82, 2.24) is 15.1 Å². The number of rotatable bonds is 7. The molecule has 1 N–H and O–H groups in total. The fourth-order valence-corrected chi connectivity index (χ4v) is 2.86. The molecule has 162 valence electrons. The van der Waals surface area contributed by atoms with Gasteiger partial charge in [0.2, 0.25) is 5.91 Å². The number of piperazine rings is 1. The Balaban J connectivity index is 1.64. The van der Waals surface area contributed by atoms with Gasteiger partial charge < -0.3 is 19.7 Å². The van der Waals surface area contributed by atoms with E-state index < -0.39 is 12.2 Å². The van der Waals surface area contributed by atoms with Crippen LogP contribution < -0.4 is 10.1 Å². The number of amides is 2. The van der Waals surface area contributed by atoms with E-state index in [4.69, 9.17) is 4.74 Å². The zero-order valence-corrected chi connectivity index (χ0v) is 17.1. The summed E-state index contributed by atoms with van der Waals surface area (Å²) in [4.78, 5) is 27.8. The molecule has 0 aromatic heterocycles. The van der Waals surface area contributed by atoms with Gasteiger partial charge in [-0.2, -0.15) is 8.78 Å².